The lowest BCUT2D eigenvalue weighted by Gasteiger charge is -2.18. The Kier molecular flexibility index (Phi) is 4.91. The number of fused-ring (bicyclic) bond motifs is 1. The summed E-state index contributed by atoms with van der Waals surface area (Å²) in [4.78, 5) is 18.0. The van der Waals surface area contributed by atoms with Gasteiger partial charge in [-0.3, -0.25) is 4.79 Å². The Labute approximate surface area is 165 Å². The molecule has 1 atom stereocenters. The Bertz CT molecular complexity index is 983. The fourth-order valence-electron chi connectivity index (χ4n) is 3.72. The molecule has 6 heteroatoms. The number of hydrogen-bond donors (Lipinski definition) is 2. The summed E-state index contributed by atoms with van der Waals surface area (Å²) in [5.41, 5.74) is 3.71. The molecule has 0 radical (unpaired) electrons. The maximum absolute atomic E-state index is 13.1. The summed E-state index contributed by atoms with van der Waals surface area (Å²) in [5, 5.41) is 4.07. The quantitative estimate of drug-likeness (QED) is 0.634. The van der Waals surface area contributed by atoms with Gasteiger partial charge in [-0.15, -0.1) is 0 Å². The Hall–Kier alpha value is -2.34. The average molecular weight is 430 g/mol. The van der Waals surface area contributed by atoms with Crippen molar-refractivity contribution in [2.45, 2.75) is 13.3 Å². The molecule has 2 aromatic carbocycles. The second-order valence-corrected chi connectivity index (χ2v) is 8.07. The Morgan fingerprint density at radius 2 is 2.07 bits per heavy atom. The second kappa shape index (κ2) is 7.35. The standard InChI is InChI=1S/C21H21BrFN3O/c1-13-8-16(22)9-15-10-19(25-20(13)15)21(27)24-11-14-6-7-26(12-14)18-4-2-17(23)3-5-18/h2-5,8-10,14,25H,6-7,11-12H2,1H3,(H,24,27). The predicted molar refractivity (Wildman–Crippen MR) is 110 cm³/mol. The van der Waals surface area contributed by atoms with Crippen LogP contribution in [0.2, 0.25) is 0 Å². The monoisotopic (exact) mass is 429 g/mol. The Balaban J connectivity index is 1.37. The van der Waals surface area contributed by atoms with Gasteiger partial charge in [-0.2, -0.15) is 0 Å². The number of carbonyl (C=O) groups is 1. The SMILES string of the molecule is Cc1cc(Br)cc2cc(C(=O)NCC3CCN(c4ccc(F)cc4)C3)[nH]c12. The number of nitrogens with zero attached hydrogens (tertiary/aromatic N) is 1. The minimum absolute atomic E-state index is 0.0815. The Morgan fingerprint density at radius 3 is 2.85 bits per heavy atom. The van der Waals surface area contributed by atoms with Gasteiger partial charge in [0.1, 0.15) is 11.5 Å². The van der Waals surface area contributed by atoms with Gasteiger partial charge in [-0.25, -0.2) is 4.39 Å². The van der Waals surface area contributed by atoms with Gasteiger partial charge in [-0.05, 0) is 67.3 Å². The van der Waals surface area contributed by atoms with E-state index in [1.807, 2.05) is 25.1 Å². The van der Waals surface area contributed by atoms with Crippen molar-refractivity contribution in [3.63, 3.8) is 0 Å². The molecule has 1 aliphatic heterocycles. The minimum Gasteiger partial charge on any atom is -0.371 e. The number of rotatable bonds is 4. The van der Waals surface area contributed by atoms with E-state index in [1.54, 1.807) is 12.1 Å². The molecule has 1 amide bonds. The van der Waals surface area contributed by atoms with Crippen LogP contribution in [0.4, 0.5) is 10.1 Å². The number of benzene rings is 2. The minimum atomic E-state index is -0.220. The molecule has 2 heterocycles. The van der Waals surface area contributed by atoms with Crippen molar-refractivity contribution in [1.82, 2.24) is 10.3 Å². The van der Waals surface area contributed by atoms with E-state index in [9.17, 15) is 9.18 Å². The van der Waals surface area contributed by atoms with Gasteiger partial charge in [0.25, 0.3) is 5.91 Å². The summed E-state index contributed by atoms with van der Waals surface area (Å²) in [5.74, 6) is 0.0866. The van der Waals surface area contributed by atoms with Gasteiger partial charge in [0, 0.05) is 40.7 Å². The third-order valence-electron chi connectivity index (χ3n) is 5.16. The van der Waals surface area contributed by atoms with Gasteiger partial charge in [-0.1, -0.05) is 15.9 Å². The molecule has 1 aromatic heterocycles. The number of H-pyrrole nitrogens is 1. The summed E-state index contributed by atoms with van der Waals surface area (Å²) in [7, 11) is 0. The molecule has 2 N–H and O–H groups in total. The zero-order chi connectivity index (χ0) is 19.0. The summed E-state index contributed by atoms with van der Waals surface area (Å²) < 4.78 is 14.1. The zero-order valence-corrected chi connectivity index (χ0v) is 16.6. The Morgan fingerprint density at radius 1 is 1.30 bits per heavy atom. The molecule has 1 aliphatic rings. The van der Waals surface area contributed by atoms with Crippen molar-refractivity contribution < 1.29 is 9.18 Å². The molecule has 1 fully saturated rings. The lowest BCUT2D eigenvalue weighted by Crippen LogP contribution is -2.31. The number of nitrogens with one attached hydrogen (secondary N) is 2. The number of amides is 1. The first-order valence-electron chi connectivity index (χ1n) is 9.07. The molecule has 3 aromatic rings. The molecule has 0 spiro atoms. The number of aryl methyl sites for hydroxylation is 1. The van der Waals surface area contributed by atoms with Crippen molar-refractivity contribution >= 4 is 38.4 Å². The molecule has 1 unspecified atom stereocenters. The number of hydrogen-bond acceptors (Lipinski definition) is 2. The van der Waals surface area contributed by atoms with Crippen LogP contribution < -0.4 is 10.2 Å². The first-order valence-corrected chi connectivity index (χ1v) is 9.86. The second-order valence-electron chi connectivity index (χ2n) is 7.16. The molecule has 1 saturated heterocycles. The topological polar surface area (TPSA) is 48.1 Å². The van der Waals surface area contributed by atoms with E-state index in [0.29, 0.717) is 18.2 Å². The average Bonchev–Trinajstić information content (AvgIpc) is 3.27. The van der Waals surface area contributed by atoms with Crippen molar-refractivity contribution in [2.75, 3.05) is 24.5 Å². The van der Waals surface area contributed by atoms with E-state index in [-0.39, 0.29) is 11.7 Å². The van der Waals surface area contributed by atoms with Crippen LogP contribution >= 0.6 is 15.9 Å². The molecule has 0 aliphatic carbocycles. The maximum Gasteiger partial charge on any atom is 0.267 e. The van der Waals surface area contributed by atoms with Crippen molar-refractivity contribution in [3.05, 3.63) is 64.0 Å². The third-order valence-corrected chi connectivity index (χ3v) is 5.62. The molecule has 0 saturated carbocycles. The number of aromatic amines is 1. The van der Waals surface area contributed by atoms with E-state index >= 15 is 0 Å². The highest BCUT2D eigenvalue weighted by Crippen LogP contribution is 2.25. The molecular weight excluding hydrogens is 409 g/mol. The predicted octanol–water partition coefficient (Wildman–Crippen LogP) is 4.63. The highest BCUT2D eigenvalue weighted by Gasteiger charge is 2.23. The maximum atomic E-state index is 13.1. The summed E-state index contributed by atoms with van der Waals surface area (Å²) in [6.07, 6.45) is 1.01. The number of halogens is 2. The van der Waals surface area contributed by atoms with Gasteiger partial charge in [0.15, 0.2) is 0 Å². The first-order chi connectivity index (χ1) is 13.0. The summed E-state index contributed by atoms with van der Waals surface area (Å²) in [6, 6.07) is 12.5. The van der Waals surface area contributed by atoms with Crippen LogP contribution in [0.3, 0.4) is 0 Å². The van der Waals surface area contributed by atoms with Crippen LogP contribution in [-0.4, -0.2) is 30.5 Å². The fraction of sp³-hybridized carbons (Fsp3) is 0.286. The molecule has 140 valence electrons. The highest BCUT2D eigenvalue weighted by atomic mass is 79.9. The van der Waals surface area contributed by atoms with E-state index in [2.05, 4.69) is 31.1 Å². The van der Waals surface area contributed by atoms with Crippen LogP contribution in [0, 0.1) is 18.7 Å². The number of anilines is 1. The molecular formula is C21H21BrFN3O. The van der Waals surface area contributed by atoms with E-state index in [4.69, 9.17) is 0 Å². The highest BCUT2D eigenvalue weighted by molar-refractivity contribution is 9.10. The van der Waals surface area contributed by atoms with Crippen LogP contribution in [0.25, 0.3) is 10.9 Å². The van der Waals surface area contributed by atoms with Gasteiger partial charge in [0.05, 0.1) is 0 Å². The lowest BCUT2D eigenvalue weighted by molar-refractivity contribution is 0.0944. The van der Waals surface area contributed by atoms with E-state index in [1.165, 1.54) is 12.1 Å². The van der Waals surface area contributed by atoms with Crippen LogP contribution in [0.5, 0.6) is 0 Å². The van der Waals surface area contributed by atoms with E-state index < -0.39 is 0 Å². The lowest BCUT2D eigenvalue weighted by atomic mass is 10.1. The zero-order valence-electron chi connectivity index (χ0n) is 15.1. The van der Waals surface area contributed by atoms with Gasteiger partial charge >= 0.3 is 0 Å². The number of aromatic nitrogens is 1. The van der Waals surface area contributed by atoms with Crippen molar-refractivity contribution in [3.8, 4) is 0 Å². The fourth-order valence-corrected chi connectivity index (χ4v) is 4.31. The van der Waals surface area contributed by atoms with Crippen LogP contribution in [0.1, 0.15) is 22.5 Å². The molecule has 27 heavy (non-hydrogen) atoms. The third kappa shape index (κ3) is 3.86. The molecule has 4 rings (SSSR count). The van der Waals surface area contributed by atoms with Crippen LogP contribution in [0.15, 0.2) is 46.9 Å². The smallest absolute Gasteiger partial charge is 0.267 e. The summed E-state index contributed by atoms with van der Waals surface area (Å²) in [6.45, 7) is 4.44. The van der Waals surface area contributed by atoms with E-state index in [0.717, 1.165) is 46.1 Å². The molecule has 4 nitrogen and oxygen atoms in total. The van der Waals surface area contributed by atoms with Crippen molar-refractivity contribution in [2.24, 2.45) is 5.92 Å². The van der Waals surface area contributed by atoms with Gasteiger partial charge in [0.2, 0.25) is 0 Å². The first kappa shape index (κ1) is 18.0. The summed E-state index contributed by atoms with van der Waals surface area (Å²) >= 11 is 3.49. The van der Waals surface area contributed by atoms with Crippen molar-refractivity contribution in [1.29, 1.82) is 0 Å². The number of carbonyl (C=O) groups excluding carboxylic acids is 1. The molecule has 0 bridgehead atoms. The largest absolute Gasteiger partial charge is 0.371 e. The van der Waals surface area contributed by atoms with Crippen LogP contribution in [-0.2, 0) is 0 Å². The van der Waals surface area contributed by atoms with Gasteiger partial charge < -0.3 is 15.2 Å². The normalized spacial score (nSPS) is 16.9.